The first kappa shape index (κ1) is 12.6. The number of H-pyrrole nitrogens is 1. The van der Waals surface area contributed by atoms with E-state index in [0.717, 1.165) is 36.4 Å². The smallest absolute Gasteiger partial charge is 0.117 e. The fourth-order valence-corrected chi connectivity index (χ4v) is 2.11. The molecule has 0 bridgehead atoms. The van der Waals surface area contributed by atoms with Crippen molar-refractivity contribution in [1.29, 1.82) is 0 Å². The Morgan fingerprint density at radius 3 is 3.05 bits per heavy atom. The molecule has 0 amide bonds. The van der Waals surface area contributed by atoms with Crippen LogP contribution in [0.15, 0.2) is 42.7 Å². The van der Waals surface area contributed by atoms with E-state index >= 15 is 0 Å². The number of hydrogen-bond donors (Lipinski definition) is 3. The summed E-state index contributed by atoms with van der Waals surface area (Å²) < 4.78 is 0. The molecule has 3 rings (SSSR count). The first-order chi connectivity index (χ1) is 9.81. The molecule has 0 unspecified atom stereocenters. The lowest BCUT2D eigenvalue weighted by atomic mass is 10.3. The molecule has 0 saturated heterocycles. The molecular weight excluding hydrogens is 252 g/mol. The van der Waals surface area contributed by atoms with Gasteiger partial charge in [0, 0.05) is 38.0 Å². The summed E-state index contributed by atoms with van der Waals surface area (Å²) >= 11 is 0. The largest absolute Gasteiger partial charge is 0.508 e. The zero-order valence-corrected chi connectivity index (χ0v) is 11.0. The normalized spacial score (nSPS) is 11.0. The number of nitrogens with zero attached hydrogens (tertiary/aromatic N) is 2. The molecule has 0 saturated carbocycles. The third-order valence-corrected chi connectivity index (χ3v) is 3.11. The van der Waals surface area contributed by atoms with Crippen molar-refractivity contribution in [1.82, 2.24) is 20.3 Å². The Hall–Kier alpha value is -2.40. The minimum atomic E-state index is 0.252. The maximum Gasteiger partial charge on any atom is 0.117 e. The number of nitrogens with one attached hydrogen (secondary N) is 2. The number of imidazole rings is 1. The number of phenols is 1. The Morgan fingerprint density at radius 2 is 2.20 bits per heavy atom. The van der Waals surface area contributed by atoms with Gasteiger partial charge in [0.15, 0.2) is 0 Å². The number of pyridine rings is 1. The highest BCUT2D eigenvalue weighted by Crippen LogP contribution is 2.17. The Bertz CT molecular complexity index is 693. The van der Waals surface area contributed by atoms with Crippen molar-refractivity contribution in [2.75, 3.05) is 6.54 Å². The van der Waals surface area contributed by atoms with Gasteiger partial charge < -0.3 is 15.4 Å². The third-order valence-electron chi connectivity index (χ3n) is 3.11. The van der Waals surface area contributed by atoms with Crippen LogP contribution in [0.1, 0.15) is 11.4 Å². The molecule has 2 heterocycles. The molecule has 0 aliphatic carbocycles. The molecule has 0 atom stereocenters. The summed E-state index contributed by atoms with van der Waals surface area (Å²) in [5, 5.41) is 12.8. The zero-order valence-electron chi connectivity index (χ0n) is 11.0. The van der Waals surface area contributed by atoms with Crippen LogP contribution in [0.25, 0.3) is 11.0 Å². The number of aromatic nitrogens is 3. The van der Waals surface area contributed by atoms with Crippen molar-refractivity contribution >= 4 is 11.0 Å². The number of rotatable bonds is 5. The predicted octanol–water partition coefficient (Wildman–Crippen LogP) is 2.00. The second kappa shape index (κ2) is 5.71. The fraction of sp³-hybridized carbons (Fsp3) is 0.200. The maximum atomic E-state index is 9.41. The quantitative estimate of drug-likeness (QED) is 0.619. The molecule has 102 valence electrons. The lowest BCUT2D eigenvalue weighted by Gasteiger charge is -2.02. The second-order valence-electron chi connectivity index (χ2n) is 4.67. The van der Waals surface area contributed by atoms with E-state index in [1.807, 2.05) is 24.4 Å². The van der Waals surface area contributed by atoms with E-state index in [2.05, 4.69) is 20.3 Å². The molecule has 1 aromatic carbocycles. The minimum absolute atomic E-state index is 0.252. The van der Waals surface area contributed by atoms with Crippen LogP contribution in [-0.4, -0.2) is 26.6 Å². The summed E-state index contributed by atoms with van der Waals surface area (Å²) in [6.45, 7) is 1.63. The Morgan fingerprint density at radius 1 is 1.25 bits per heavy atom. The van der Waals surface area contributed by atoms with E-state index in [1.54, 1.807) is 18.3 Å². The van der Waals surface area contributed by atoms with E-state index in [-0.39, 0.29) is 5.75 Å². The average Bonchev–Trinajstić information content (AvgIpc) is 2.86. The lowest BCUT2D eigenvalue weighted by molar-refractivity contribution is 0.476. The monoisotopic (exact) mass is 268 g/mol. The summed E-state index contributed by atoms with van der Waals surface area (Å²) in [6, 6.07) is 9.13. The van der Waals surface area contributed by atoms with Crippen LogP contribution in [0.5, 0.6) is 5.75 Å². The SMILES string of the molecule is Oc1ccc2nc(CCNCc3cccnc3)[nH]c2c1. The Labute approximate surface area is 116 Å². The van der Waals surface area contributed by atoms with Gasteiger partial charge in [0.1, 0.15) is 11.6 Å². The van der Waals surface area contributed by atoms with Gasteiger partial charge in [-0.1, -0.05) is 6.07 Å². The first-order valence-electron chi connectivity index (χ1n) is 6.58. The van der Waals surface area contributed by atoms with Crippen LogP contribution in [-0.2, 0) is 13.0 Å². The summed E-state index contributed by atoms with van der Waals surface area (Å²) in [5.41, 5.74) is 2.92. The molecule has 5 nitrogen and oxygen atoms in total. The Kier molecular flexibility index (Phi) is 3.60. The number of benzene rings is 1. The molecule has 2 aromatic heterocycles. The summed E-state index contributed by atoms with van der Waals surface area (Å²) in [7, 11) is 0. The number of hydrogen-bond acceptors (Lipinski definition) is 4. The maximum absolute atomic E-state index is 9.41. The van der Waals surface area contributed by atoms with Crippen molar-refractivity contribution in [3.8, 4) is 5.75 Å². The summed E-state index contributed by atoms with van der Waals surface area (Å²) in [4.78, 5) is 11.8. The van der Waals surface area contributed by atoms with Gasteiger partial charge in [-0.25, -0.2) is 4.98 Å². The topological polar surface area (TPSA) is 73.8 Å². The molecule has 0 fully saturated rings. The van der Waals surface area contributed by atoms with Gasteiger partial charge >= 0.3 is 0 Å². The number of fused-ring (bicyclic) bond motifs is 1. The van der Waals surface area contributed by atoms with E-state index in [9.17, 15) is 5.11 Å². The third kappa shape index (κ3) is 2.95. The second-order valence-corrected chi connectivity index (χ2v) is 4.67. The van der Waals surface area contributed by atoms with Gasteiger partial charge in [0.25, 0.3) is 0 Å². The molecule has 3 aromatic rings. The van der Waals surface area contributed by atoms with Crippen LogP contribution in [0.4, 0.5) is 0 Å². The van der Waals surface area contributed by atoms with Crippen molar-refractivity contribution in [2.45, 2.75) is 13.0 Å². The molecule has 5 heteroatoms. The predicted molar refractivity (Wildman–Crippen MR) is 77.4 cm³/mol. The van der Waals surface area contributed by atoms with Crippen molar-refractivity contribution < 1.29 is 5.11 Å². The van der Waals surface area contributed by atoms with E-state index in [0.29, 0.717) is 0 Å². The molecular formula is C15H16N4O. The molecule has 0 aliphatic heterocycles. The van der Waals surface area contributed by atoms with Crippen LogP contribution < -0.4 is 5.32 Å². The van der Waals surface area contributed by atoms with E-state index < -0.39 is 0 Å². The van der Waals surface area contributed by atoms with Gasteiger partial charge in [-0.2, -0.15) is 0 Å². The number of aromatic hydroxyl groups is 1. The highest BCUT2D eigenvalue weighted by molar-refractivity contribution is 5.76. The van der Waals surface area contributed by atoms with Crippen molar-refractivity contribution in [3.05, 3.63) is 54.1 Å². The van der Waals surface area contributed by atoms with Crippen LogP contribution in [0, 0.1) is 0 Å². The molecule has 3 N–H and O–H groups in total. The van der Waals surface area contributed by atoms with Crippen LogP contribution in [0.3, 0.4) is 0 Å². The molecule has 0 aliphatic rings. The minimum Gasteiger partial charge on any atom is -0.508 e. The van der Waals surface area contributed by atoms with Gasteiger partial charge in [0.2, 0.25) is 0 Å². The van der Waals surface area contributed by atoms with Gasteiger partial charge in [-0.15, -0.1) is 0 Å². The Balaban J connectivity index is 1.55. The highest BCUT2D eigenvalue weighted by Gasteiger charge is 2.03. The molecule has 0 radical (unpaired) electrons. The lowest BCUT2D eigenvalue weighted by Crippen LogP contribution is -2.17. The van der Waals surface area contributed by atoms with Gasteiger partial charge in [-0.3, -0.25) is 4.98 Å². The van der Waals surface area contributed by atoms with E-state index in [4.69, 9.17) is 0 Å². The zero-order chi connectivity index (χ0) is 13.8. The number of phenolic OH excluding ortho intramolecular Hbond substituents is 1. The molecule has 0 spiro atoms. The number of aromatic amines is 1. The van der Waals surface area contributed by atoms with E-state index in [1.165, 1.54) is 5.56 Å². The van der Waals surface area contributed by atoms with Crippen molar-refractivity contribution in [3.63, 3.8) is 0 Å². The van der Waals surface area contributed by atoms with Gasteiger partial charge in [-0.05, 0) is 23.8 Å². The van der Waals surface area contributed by atoms with Crippen LogP contribution in [0.2, 0.25) is 0 Å². The van der Waals surface area contributed by atoms with Crippen molar-refractivity contribution in [2.24, 2.45) is 0 Å². The molecule has 20 heavy (non-hydrogen) atoms. The van der Waals surface area contributed by atoms with Gasteiger partial charge in [0.05, 0.1) is 11.0 Å². The average molecular weight is 268 g/mol. The first-order valence-corrected chi connectivity index (χ1v) is 6.58. The summed E-state index contributed by atoms with van der Waals surface area (Å²) in [6.07, 6.45) is 4.44. The standard InChI is InChI=1S/C15H16N4O/c20-12-3-4-13-14(8-12)19-15(18-13)5-7-17-10-11-2-1-6-16-9-11/h1-4,6,8-9,17,20H,5,7,10H2,(H,18,19). The summed E-state index contributed by atoms with van der Waals surface area (Å²) in [5.74, 6) is 1.17. The van der Waals surface area contributed by atoms with Crippen LogP contribution >= 0.6 is 0 Å². The fourth-order valence-electron chi connectivity index (χ4n) is 2.11. The highest BCUT2D eigenvalue weighted by atomic mass is 16.3.